The predicted octanol–water partition coefficient (Wildman–Crippen LogP) is 4.43. The van der Waals surface area contributed by atoms with E-state index in [1.54, 1.807) is 18.3 Å². The lowest BCUT2D eigenvalue weighted by Gasteiger charge is -2.08. The maximum Gasteiger partial charge on any atom is 0.253 e. The highest BCUT2D eigenvalue weighted by Crippen LogP contribution is 2.22. The Morgan fingerprint density at radius 3 is 2.75 bits per heavy atom. The number of amides is 1. The van der Waals surface area contributed by atoms with E-state index in [0.29, 0.717) is 23.7 Å². The fraction of sp³-hybridized carbons (Fsp3) is 0.0909. The second-order valence-electron chi connectivity index (χ2n) is 6.41. The highest BCUT2D eigenvalue weighted by atomic mass is 19.1. The molecule has 0 aliphatic rings. The number of benzene rings is 2. The van der Waals surface area contributed by atoms with Crippen molar-refractivity contribution in [3.05, 3.63) is 90.0 Å². The summed E-state index contributed by atoms with van der Waals surface area (Å²) in [7, 11) is 1.92. The van der Waals surface area contributed by atoms with Gasteiger partial charge in [0, 0.05) is 43.0 Å². The van der Waals surface area contributed by atoms with E-state index in [-0.39, 0.29) is 11.7 Å². The van der Waals surface area contributed by atoms with Crippen molar-refractivity contribution >= 4 is 16.8 Å². The van der Waals surface area contributed by atoms with E-state index in [0.717, 1.165) is 16.5 Å². The van der Waals surface area contributed by atoms with E-state index in [1.807, 2.05) is 42.1 Å². The van der Waals surface area contributed by atoms with Crippen LogP contribution in [-0.4, -0.2) is 15.5 Å². The molecule has 1 N–H and O–H groups in total. The van der Waals surface area contributed by atoms with Crippen LogP contribution >= 0.6 is 0 Å². The van der Waals surface area contributed by atoms with Crippen molar-refractivity contribution in [3.8, 4) is 11.6 Å². The Bertz CT molecular complexity index is 1140. The van der Waals surface area contributed by atoms with Crippen LogP contribution in [-0.2, 0) is 13.6 Å². The molecule has 0 aliphatic heterocycles. The van der Waals surface area contributed by atoms with Gasteiger partial charge in [-0.15, -0.1) is 0 Å². The number of ether oxygens (including phenoxy) is 1. The zero-order valence-electron chi connectivity index (χ0n) is 15.2. The number of rotatable bonds is 5. The minimum Gasteiger partial charge on any atom is -0.439 e. The van der Waals surface area contributed by atoms with Crippen LogP contribution in [0.25, 0.3) is 10.9 Å². The first-order valence-corrected chi connectivity index (χ1v) is 8.81. The van der Waals surface area contributed by atoms with Gasteiger partial charge in [0.2, 0.25) is 5.88 Å². The second kappa shape index (κ2) is 7.52. The van der Waals surface area contributed by atoms with Gasteiger partial charge in [0.25, 0.3) is 5.91 Å². The summed E-state index contributed by atoms with van der Waals surface area (Å²) in [6.45, 7) is 0.338. The van der Waals surface area contributed by atoms with Crippen LogP contribution in [0, 0.1) is 5.82 Å². The molecule has 0 bridgehead atoms. The maximum absolute atomic E-state index is 13.0. The summed E-state index contributed by atoms with van der Waals surface area (Å²) >= 11 is 0. The number of fused-ring (bicyclic) bond motifs is 1. The first kappa shape index (κ1) is 17.7. The number of carbonyl (C=O) groups excluding carboxylic acids is 1. The molecule has 0 atom stereocenters. The summed E-state index contributed by atoms with van der Waals surface area (Å²) in [5.41, 5.74) is 2.49. The van der Waals surface area contributed by atoms with Crippen LogP contribution in [0.4, 0.5) is 4.39 Å². The molecule has 0 saturated carbocycles. The Balaban J connectivity index is 1.46. The van der Waals surface area contributed by atoms with E-state index >= 15 is 0 Å². The third-order valence-corrected chi connectivity index (χ3v) is 4.43. The zero-order chi connectivity index (χ0) is 19.5. The molecule has 0 unspecified atom stereocenters. The van der Waals surface area contributed by atoms with E-state index in [9.17, 15) is 9.18 Å². The van der Waals surface area contributed by atoms with Gasteiger partial charge in [0.05, 0.1) is 5.56 Å². The summed E-state index contributed by atoms with van der Waals surface area (Å²) < 4.78 is 20.6. The van der Waals surface area contributed by atoms with Crippen molar-refractivity contribution in [2.45, 2.75) is 6.54 Å². The number of pyridine rings is 1. The van der Waals surface area contributed by atoms with Gasteiger partial charge in [-0.3, -0.25) is 4.79 Å². The van der Waals surface area contributed by atoms with Crippen LogP contribution < -0.4 is 10.1 Å². The predicted molar refractivity (Wildman–Crippen MR) is 105 cm³/mol. The Labute approximate surface area is 161 Å². The van der Waals surface area contributed by atoms with E-state index in [1.165, 1.54) is 24.3 Å². The monoisotopic (exact) mass is 375 g/mol. The molecule has 1 amide bonds. The number of nitrogens with zero attached hydrogens (tertiary/aromatic N) is 2. The Hall–Kier alpha value is -3.67. The molecule has 2 aromatic carbocycles. The molecule has 5 nitrogen and oxygen atoms in total. The SMILES string of the molecule is Cn1cc(C(=O)NCc2ccnc(Oc3ccc(F)cc3)c2)c2ccccc21. The van der Waals surface area contributed by atoms with Crippen LogP contribution in [0.3, 0.4) is 0 Å². The average molecular weight is 375 g/mol. The van der Waals surface area contributed by atoms with Crippen molar-refractivity contribution in [1.29, 1.82) is 0 Å². The van der Waals surface area contributed by atoms with Gasteiger partial charge >= 0.3 is 0 Å². The lowest BCUT2D eigenvalue weighted by Crippen LogP contribution is -2.22. The molecule has 2 aromatic heterocycles. The summed E-state index contributed by atoms with van der Waals surface area (Å²) in [5, 5.41) is 3.85. The number of nitrogens with one attached hydrogen (secondary N) is 1. The smallest absolute Gasteiger partial charge is 0.253 e. The van der Waals surface area contributed by atoms with E-state index in [2.05, 4.69) is 10.3 Å². The van der Waals surface area contributed by atoms with Crippen LogP contribution in [0.5, 0.6) is 11.6 Å². The standard InChI is InChI=1S/C22H18FN3O2/c1-26-14-19(18-4-2-3-5-20(18)26)22(27)25-13-15-10-11-24-21(12-15)28-17-8-6-16(23)7-9-17/h2-12,14H,13H2,1H3,(H,25,27). The van der Waals surface area contributed by atoms with Gasteiger partial charge in [-0.05, 0) is 42.0 Å². The average Bonchev–Trinajstić information content (AvgIpc) is 3.05. The fourth-order valence-electron chi connectivity index (χ4n) is 3.04. The molecular formula is C22H18FN3O2. The molecule has 28 heavy (non-hydrogen) atoms. The van der Waals surface area contributed by atoms with Gasteiger partial charge in [-0.25, -0.2) is 9.37 Å². The number of halogens is 1. The first-order valence-electron chi connectivity index (χ1n) is 8.81. The van der Waals surface area contributed by atoms with Crippen LogP contribution in [0.2, 0.25) is 0 Å². The van der Waals surface area contributed by atoms with Crippen molar-refractivity contribution in [2.75, 3.05) is 0 Å². The fourth-order valence-corrected chi connectivity index (χ4v) is 3.04. The molecule has 6 heteroatoms. The van der Waals surface area contributed by atoms with Gasteiger partial charge in [-0.1, -0.05) is 18.2 Å². The van der Waals surface area contributed by atoms with Crippen molar-refractivity contribution in [2.24, 2.45) is 7.05 Å². The first-order chi connectivity index (χ1) is 13.6. The highest BCUT2D eigenvalue weighted by Gasteiger charge is 2.13. The third kappa shape index (κ3) is 3.71. The number of para-hydroxylation sites is 1. The Morgan fingerprint density at radius 1 is 1.14 bits per heavy atom. The lowest BCUT2D eigenvalue weighted by molar-refractivity contribution is 0.0952. The highest BCUT2D eigenvalue weighted by molar-refractivity contribution is 6.06. The quantitative estimate of drug-likeness (QED) is 0.561. The second-order valence-corrected chi connectivity index (χ2v) is 6.41. The number of hydrogen-bond donors (Lipinski definition) is 1. The normalized spacial score (nSPS) is 10.8. The molecule has 0 spiro atoms. The van der Waals surface area contributed by atoms with Gasteiger partial charge in [0.15, 0.2) is 0 Å². The summed E-state index contributed by atoms with van der Waals surface area (Å²) in [6.07, 6.45) is 3.44. The number of aryl methyl sites for hydroxylation is 1. The third-order valence-electron chi connectivity index (χ3n) is 4.43. The number of carbonyl (C=O) groups is 1. The topological polar surface area (TPSA) is 56.2 Å². The zero-order valence-corrected chi connectivity index (χ0v) is 15.2. The van der Waals surface area contributed by atoms with Crippen molar-refractivity contribution in [1.82, 2.24) is 14.9 Å². The number of hydrogen-bond acceptors (Lipinski definition) is 3. The van der Waals surface area contributed by atoms with E-state index in [4.69, 9.17) is 4.74 Å². The van der Waals surface area contributed by atoms with Gasteiger partial charge in [-0.2, -0.15) is 0 Å². The Morgan fingerprint density at radius 2 is 1.93 bits per heavy atom. The minimum atomic E-state index is -0.329. The molecule has 0 aliphatic carbocycles. The van der Waals surface area contributed by atoms with Gasteiger partial charge in [0.1, 0.15) is 11.6 Å². The molecule has 2 heterocycles. The van der Waals surface area contributed by atoms with Gasteiger partial charge < -0.3 is 14.6 Å². The van der Waals surface area contributed by atoms with Crippen molar-refractivity contribution < 1.29 is 13.9 Å². The molecular weight excluding hydrogens is 357 g/mol. The Kier molecular flexibility index (Phi) is 4.76. The molecule has 0 radical (unpaired) electrons. The number of aromatic nitrogens is 2. The molecule has 140 valence electrons. The maximum atomic E-state index is 13.0. The largest absolute Gasteiger partial charge is 0.439 e. The van der Waals surface area contributed by atoms with Crippen LogP contribution in [0.15, 0.2) is 73.1 Å². The summed E-state index contributed by atoms with van der Waals surface area (Å²) in [4.78, 5) is 16.8. The molecule has 4 rings (SSSR count). The minimum absolute atomic E-state index is 0.144. The molecule has 4 aromatic rings. The van der Waals surface area contributed by atoms with Crippen LogP contribution in [0.1, 0.15) is 15.9 Å². The summed E-state index contributed by atoms with van der Waals surface area (Å²) in [6, 6.07) is 17.0. The van der Waals surface area contributed by atoms with Crippen molar-refractivity contribution in [3.63, 3.8) is 0 Å². The molecule has 0 saturated heterocycles. The van der Waals surface area contributed by atoms with E-state index < -0.39 is 0 Å². The lowest BCUT2D eigenvalue weighted by atomic mass is 10.1. The molecule has 0 fully saturated rings. The summed E-state index contributed by atoms with van der Waals surface area (Å²) in [5.74, 6) is 0.397.